The highest BCUT2D eigenvalue weighted by molar-refractivity contribution is 6.68. The summed E-state index contributed by atoms with van der Waals surface area (Å²) in [4.78, 5) is 23.9. The van der Waals surface area contributed by atoms with Crippen molar-refractivity contribution in [3.63, 3.8) is 0 Å². The second-order valence-electron chi connectivity index (χ2n) is 4.82. The zero-order valence-electron chi connectivity index (χ0n) is 12.2. The van der Waals surface area contributed by atoms with Crippen LogP contribution in [0.4, 0.5) is 9.59 Å². The molecule has 1 N–H and O–H groups in total. The number of rotatable bonds is 3. The highest BCUT2D eigenvalue weighted by Crippen LogP contribution is 2.28. The van der Waals surface area contributed by atoms with Crippen LogP contribution in [0.5, 0.6) is 0 Å². The number of alkyl halides is 6. The van der Waals surface area contributed by atoms with Crippen LogP contribution in [0.25, 0.3) is 0 Å². The molecule has 0 radical (unpaired) electrons. The molecule has 13 heteroatoms. The third kappa shape index (κ3) is 9.08. The monoisotopic (exact) mass is 464 g/mol. The van der Waals surface area contributed by atoms with E-state index >= 15 is 0 Å². The summed E-state index contributed by atoms with van der Waals surface area (Å²) in [6.45, 7) is 0.759. The second-order valence-corrected chi connectivity index (χ2v) is 9.85. The summed E-state index contributed by atoms with van der Waals surface area (Å²) in [5.74, 6) is 0. The summed E-state index contributed by atoms with van der Waals surface area (Å²) in [5, 5.41) is 0.792. The van der Waals surface area contributed by atoms with Gasteiger partial charge in [0.1, 0.15) is 13.2 Å². The van der Waals surface area contributed by atoms with Crippen LogP contribution in [0.3, 0.4) is 0 Å². The minimum Gasteiger partial charge on any atom is -0.444 e. The number of nitrogens with zero attached hydrogens (tertiary/aromatic N) is 1. The molecule has 0 aliphatic carbocycles. The molecule has 1 rings (SSSR count). The molecular formula is C11H14Cl6N2O5. The van der Waals surface area contributed by atoms with Gasteiger partial charge in [-0.3, -0.25) is 0 Å². The van der Waals surface area contributed by atoms with Crippen molar-refractivity contribution in [2.75, 3.05) is 13.2 Å². The maximum atomic E-state index is 12.1. The van der Waals surface area contributed by atoms with Crippen molar-refractivity contribution in [1.82, 2.24) is 10.4 Å². The molecule has 2 amide bonds. The average molecular weight is 467 g/mol. The van der Waals surface area contributed by atoms with Gasteiger partial charge in [0.2, 0.25) is 7.59 Å². The van der Waals surface area contributed by atoms with Crippen molar-refractivity contribution in [1.29, 1.82) is 0 Å². The summed E-state index contributed by atoms with van der Waals surface area (Å²) in [5.41, 5.74) is 2.16. The van der Waals surface area contributed by atoms with Crippen LogP contribution in [-0.4, -0.2) is 50.3 Å². The van der Waals surface area contributed by atoms with Gasteiger partial charge in [-0.2, -0.15) is 5.01 Å². The van der Waals surface area contributed by atoms with Gasteiger partial charge < -0.3 is 14.2 Å². The van der Waals surface area contributed by atoms with E-state index in [9.17, 15) is 9.59 Å². The lowest BCUT2D eigenvalue weighted by Gasteiger charge is -2.28. The molecule has 1 saturated heterocycles. The van der Waals surface area contributed by atoms with Crippen LogP contribution in [0.15, 0.2) is 0 Å². The normalized spacial score (nSPS) is 21.3. The largest absolute Gasteiger partial charge is 0.444 e. The molecule has 1 heterocycles. The fraction of sp³-hybridized carbons (Fsp3) is 0.818. The first-order valence-corrected chi connectivity index (χ1v) is 8.82. The summed E-state index contributed by atoms with van der Waals surface area (Å²) in [6.07, 6.45) is -1.80. The fourth-order valence-corrected chi connectivity index (χ4v) is 2.03. The molecule has 7 nitrogen and oxygen atoms in total. The van der Waals surface area contributed by atoms with Gasteiger partial charge in [0, 0.05) is 0 Å². The molecule has 0 saturated carbocycles. The summed E-state index contributed by atoms with van der Waals surface area (Å²) in [6, 6.07) is 0. The number of carbonyl (C=O) groups excluding carboxylic acids is 2. The molecule has 2 unspecified atom stereocenters. The number of hydrazine groups is 1. The van der Waals surface area contributed by atoms with E-state index in [1.54, 1.807) is 0 Å². The third-order valence-corrected chi connectivity index (χ3v) is 3.29. The van der Waals surface area contributed by atoms with E-state index < -0.39 is 39.2 Å². The molecule has 0 bridgehead atoms. The standard InChI is InChI=1S/C11H14Cl6N2O5/c1-6-2-3-7(24-6)19(9(21)23-5-11(15,16)17)18-8(20)22-4-10(12,13)14/h6-7H,2-5H2,1H3,(H,18,20). The molecule has 2 atom stereocenters. The molecule has 0 aromatic carbocycles. The lowest BCUT2D eigenvalue weighted by molar-refractivity contribution is -0.0632. The first-order chi connectivity index (χ1) is 10.9. The van der Waals surface area contributed by atoms with E-state index in [4.69, 9.17) is 79.1 Å². The van der Waals surface area contributed by atoms with Crippen LogP contribution >= 0.6 is 69.6 Å². The molecule has 1 aliphatic heterocycles. The van der Waals surface area contributed by atoms with E-state index in [0.29, 0.717) is 12.8 Å². The van der Waals surface area contributed by atoms with Gasteiger partial charge >= 0.3 is 12.2 Å². The number of ether oxygens (including phenoxy) is 3. The van der Waals surface area contributed by atoms with Gasteiger partial charge in [0.05, 0.1) is 6.10 Å². The first-order valence-electron chi connectivity index (χ1n) is 6.56. The van der Waals surface area contributed by atoms with Crippen LogP contribution < -0.4 is 5.43 Å². The van der Waals surface area contributed by atoms with E-state index in [0.717, 1.165) is 5.01 Å². The highest BCUT2D eigenvalue weighted by atomic mass is 35.6. The van der Waals surface area contributed by atoms with Gasteiger partial charge in [-0.15, -0.1) is 0 Å². The van der Waals surface area contributed by atoms with Crippen LogP contribution in [0.1, 0.15) is 19.8 Å². The van der Waals surface area contributed by atoms with E-state index in [2.05, 4.69) is 10.2 Å². The Morgan fingerprint density at radius 3 is 2.08 bits per heavy atom. The molecule has 0 aromatic rings. The Hall–Kier alpha value is 0.240. The van der Waals surface area contributed by atoms with Crippen molar-refractivity contribution in [2.24, 2.45) is 0 Å². The number of amides is 2. The maximum Gasteiger partial charge on any atom is 0.431 e. The second kappa shape index (κ2) is 9.26. The summed E-state index contributed by atoms with van der Waals surface area (Å²) >= 11 is 33.0. The van der Waals surface area contributed by atoms with Crippen LogP contribution in [0.2, 0.25) is 0 Å². The number of carbonyl (C=O) groups is 2. The van der Waals surface area contributed by atoms with E-state index in [1.807, 2.05) is 6.92 Å². The number of hydrogen-bond acceptors (Lipinski definition) is 5. The molecular weight excluding hydrogens is 453 g/mol. The van der Waals surface area contributed by atoms with E-state index in [1.165, 1.54) is 0 Å². The topological polar surface area (TPSA) is 77.1 Å². The molecule has 24 heavy (non-hydrogen) atoms. The Morgan fingerprint density at radius 1 is 1.08 bits per heavy atom. The van der Waals surface area contributed by atoms with Crippen molar-refractivity contribution >= 4 is 81.8 Å². The smallest absolute Gasteiger partial charge is 0.431 e. The quantitative estimate of drug-likeness (QED) is 0.494. The van der Waals surface area contributed by atoms with Crippen LogP contribution in [0, 0.1) is 0 Å². The lowest BCUT2D eigenvalue weighted by atomic mass is 10.2. The zero-order valence-corrected chi connectivity index (χ0v) is 16.8. The fourth-order valence-electron chi connectivity index (χ4n) is 1.70. The molecule has 0 aromatic heterocycles. The van der Waals surface area contributed by atoms with Crippen molar-refractivity contribution in [2.45, 2.75) is 39.7 Å². The summed E-state index contributed by atoms with van der Waals surface area (Å²) < 4.78 is 11.4. The highest BCUT2D eigenvalue weighted by Gasteiger charge is 2.35. The van der Waals surface area contributed by atoms with E-state index in [-0.39, 0.29) is 6.10 Å². The van der Waals surface area contributed by atoms with Gasteiger partial charge in [0.15, 0.2) is 6.23 Å². The molecule has 1 aliphatic rings. The van der Waals surface area contributed by atoms with Gasteiger partial charge in [-0.1, -0.05) is 69.6 Å². The van der Waals surface area contributed by atoms with Crippen molar-refractivity contribution in [3.8, 4) is 0 Å². The summed E-state index contributed by atoms with van der Waals surface area (Å²) in [7, 11) is 0. The Labute approximate surface area is 168 Å². The predicted octanol–water partition coefficient (Wildman–Crippen LogP) is 4.33. The zero-order chi connectivity index (χ0) is 18.5. The molecule has 0 spiro atoms. The Bertz CT molecular complexity index is 455. The average Bonchev–Trinajstić information content (AvgIpc) is 2.84. The first kappa shape index (κ1) is 22.3. The Balaban J connectivity index is 2.67. The van der Waals surface area contributed by atoms with Crippen molar-refractivity contribution < 1.29 is 23.8 Å². The number of nitrogens with one attached hydrogen (secondary N) is 1. The predicted molar refractivity (Wildman–Crippen MR) is 91.8 cm³/mol. The Morgan fingerprint density at radius 2 is 1.62 bits per heavy atom. The molecule has 140 valence electrons. The third-order valence-electron chi connectivity index (χ3n) is 2.63. The lowest BCUT2D eigenvalue weighted by Crippen LogP contribution is -2.53. The van der Waals surface area contributed by atoms with Crippen LogP contribution in [-0.2, 0) is 14.2 Å². The van der Waals surface area contributed by atoms with Gasteiger partial charge in [-0.25, -0.2) is 15.0 Å². The Kier molecular flexibility index (Phi) is 8.59. The SMILES string of the molecule is CC1CCC(N(NC(=O)OCC(Cl)(Cl)Cl)C(=O)OCC(Cl)(Cl)Cl)O1. The van der Waals surface area contributed by atoms with Gasteiger partial charge in [-0.05, 0) is 19.8 Å². The number of halogens is 6. The maximum absolute atomic E-state index is 12.1. The molecule has 1 fully saturated rings. The minimum atomic E-state index is -1.80. The minimum absolute atomic E-state index is 0.113. The van der Waals surface area contributed by atoms with Crippen molar-refractivity contribution in [3.05, 3.63) is 0 Å². The van der Waals surface area contributed by atoms with Gasteiger partial charge in [0.25, 0.3) is 0 Å². The number of hydrogen-bond donors (Lipinski definition) is 1.